The van der Waals surface area contributed by atoms with Crippen LogP contribution in [0.5, 0.6) is 11.5 Å². The average molecular weight is 710 g/mol. The zero-order valence-corrected chi connectivity index (χ0v) is 29.8. The zero-order valence-electron chi connectivity index (χ0n) is 29.8. The Morgan fingerprint density at radius 3 is 2.28 bits per heavy atom. The van der Waals surface area contributed by atoms with Crippen molar-refractivity contribution in [3.05, 3.63) is 132 Å². The van der Waals surface area contributed by atoms with Gasteiger partial charge in [0.2, 0.25) is 0 Å². The molecule has 10 nitrogen and oxygen atoms in total. The van der Waals surface area contributed by atoms with E-state index in [9.17, 15) is 9.59 Å². The van der Waals surface area contributed by atoms with E-state index in [1.165, 1.54) is 17.0 Å². The van der Waals surface area contributed by atoms with Crippen LogP contribution in [-0.4, -0.2) is 30.7 Å². The highest BCUT2D eigenvalue weighted by Crippen LogP contribution is 2.42. The molecule has 0 saturated carbocycles. The molecule has 0 amide bonds. The molecule has 0 bridgehead atoms. The van der Waals surface area contributed by atoms with Crippen LogP contribution < -0.4 is 14.8 Å². The van der Waals surface area contributed by atoms with Gasteiger partial charge in [-0.2, -0.15) is 10.2 Å². The Bertz CT molecular complexity index is 2080. The van der Waals surface area contributed by atoms with Crippen molar-refractivity contribution in [2.45, 2.75) is 57.4 Å². The highest BCUT2D eigenvalue weighted by molar-refractivity contribution is 6.03. The van der Waals surface area contributed by atoms with E-state index in [0.717, 1.165) is 67.3 Å². The first kappa shape index (κ1) is 36.6. The fourth-order valence-electron chi connectivity index (χ4n) is 6.43. The molecule has 1 aliphatic heterocycles. The van der Waals surface area contributed by atoms with Crippen LogP contribution in [-0.2, 0) is 22.4 Å². The number of unbranched alkanes of at least 4 members (excludes halogenated alkanes) is 3. The number of rotatable bonds is 17. The molecule has 10 heteroatoms. The first-order valence-corrected chi connectivity index (χ1v) is 17.9. The fraction of sp³-hybridized carbons (Fsp3) is 0.256. The first-order chi connectivity index (χ1) is 25.8. The number of nitrogens with one attached hydrogen (secondary N) is 2. The molecule has 270 valence electrons. The Balaban J connectivity index is 0.969. The van der Waals surface area contributed by atoms with E-state index in [4.69, 9.17) is 19.7 Å². The number of azo groups is 1. The van der Waals surface area contributed by atoms with Gasteiger partial charge in [0.1, 0.15) is 11.5 Å². The van der Waals surface area contributed by atoms with Crippen LogP contribution >= 0.6 is 0 Å². The summed E-state index contributed by atoms with van der Waals surface area (Å²) < 4.78 is 16.4. The average Bonchev–Trinajstić information content (AvgIpc) is 3.18. The van der Waals surface area contributed by atoms with Crippen LogP contribution in [0.4, 0.5) is 22.7 Å². The number of anilines is 1. The number of ether oxygens (including phenoxy) is 3. The minimum Gasteiger partial charge on any atom is -0.494 e. The molecule has 2 N–H and O–H groups in total. The van der Waals surface area contributed by atoms with Crippen molar-refractivity contribution in [1.82, 2.24) is 0 Å². The third kappa shape index (κ3) is 9.79. The standard InChI is InChI=1S/C43H43N5O5/c1-3-40(49)52-28-7-5-4-6-27-51-35-22-13-31(14-23-35)42(50)53-36-20-11-30(12-21-36)25-26-43(2)29-32-15-24-38(37-9-8-10-39(45-43)41(32)37)48-47-34-18-16-33(46-44)17-19-34/h3,8-24,44-45H,1,4-7,25-29H2,2H3. The van der Waals surface area contributed by atoms with Gasteiger partial charge in [0.05, 0.1) is 35.8 Å². The van der Waals surface area contributed by atoms with Crippen LogP contribution in [0.15, 0.2) is 131 Å². The molecule has 6 rings (SSSR count). The maximum atomic E-state index is 12.8. The number of nitrogens with zero attached hydrogens (tertiary/aromatic N) is 3. The van der Waals surface area contributed by atoms with Crippen molar-refractivity contribution in [3.63, 3.8) is 0 Å². The molecular formula is C43H43N5O5. The maximum Gasteiger partial charge on any atom is 0.343 e. The Hall–Kier alpha value is -6.16. The smallest absolute Gasteiger partial charge is 0.343 e. The molecule has 5 aromatic rings. The molecule has 0 aliphatic carbocycles. The van der Waals surface area contributed by atoms with Gasteiger partial charge in [-0.25, -0.2) is 15.1 Å². The minimum absolute atomic E-state index is 0.153. The van der Waals surface area contributed by atoms with Crippen molar-refractivity contribution in [3.8, 4) is 11.5 Å². The summed E-state index contributed by atoms with van der Waals surface area (Å²) in [4.78, 5) is 23.9. The van der Waals surface area contributed by atoms with Gasteiger partial charge in [-0.05, 0) is 136 Å². The van der Waals surface area contributed by atoms with Gasteiger partial charge < -0.3 is 19.5 Å². The van der Waals surface area contributed by atoms with Crippen LogP contribution in [0.1, 0.15) is 60.5 Å². The lowest BCUT2D eigenvalue weighted by atomic mass is 9.81. The van der Waals surface area contributed by atoms with Crippen LogP contribution in [0.2, 0.25) is 0 Å². The van der Waals surface area contributed by atoms with Gasteiger partial charge in [-0.1, -0.05) is 36.9 Å². The van der Waals surface area contributed by atoms with E-state index in [1.54, 1.807) is 48.5 Å². The SMILES string of the molecule is C=CC(=O)OCCCCCCOc1ccc(C(=O)Oc2ccc(CCC3(C)Cc4ccc(N=Nc5ccc(N=N)cc5)c5cccc(c45)N3)cc2)cc1. The molecular weight excluding hydrogens is 667 g/mol. The number of aryl methyl sites for hydroxylation is 1. The van der Waals surface area contributed by atoms with Crippen LogP contribution in [0, 0.1) is 5.53 Å². The van der Waals surface area contributed by atoms with Gasteiger partial charge in [0.15, 0.2) is 0 Å². The summed E-state index contributed by atoms with van der Waals surface area (Å²) in [5.41, 5.74) is 13.0. The molecule has 1 atom stereocenters. The summed E-state index contributed by atoms with van der Waals surface area (Å²) in [6.07, 6.45) is 7.41. The number of hydrogen-bond acceptors (Lipinski definition) is 10. The lowest BCUT2D eigenvalue weighted by Gasteiger charge is -2.37. The number of hydrogen-bond donors (Lipinski definition) is 2. The largest absolute Gasteiger partial charge is 0.494 e. The lowest BCUT2D eigenvalue weighted by molar-refractivity contribution is -0.137. The summed E-state index contributed by atoms with van der Waals surface area (Å²) in [7, 11) is 0. The predicted octanol–water partition coefficient (Wildman–Crippen LogP) is 11.2. The molecule has 0 spiro atoms. The monoisotopic (exact) mass is 709 g/mol. The lowest BCUT2D eigenvalue weighted by Crippen LogP contribution is -2.40. The molecule has 53 heavy (non-hydrogen) atoms. The Labute approximate surface area is 309 Å². The predicted molar refractivity (Wildman–Crippen MR) is 206 cm³/mol. The maximum absolute atomic E-state index is 12.8. The summed E-state index contributed by atoms with van der Waals surface area (Å²) in [5.74, 6) is 0.376. The second kappa shape index (κ2) is 17.4. The second-order valence-electron chi connectivity index (χ2n) is 13.4. The minimum atomic E-state index is -0.423. The zero-order chi connectivity index (χ0) is 37.0. The summed E-state index contributed by atoms with van der Waals surface area (Å²) in [6, 6.07) is 32.2. The third-order valence-corrected chi connectivity index (χ3v) is 9.28. The fourth-order valence-corrected chi connectivity index (χ4v) is 6.43. The van der Waals surface area contributed by atoms with Gasteiger partial charge >= 0.3 is 11.9 Å². The van der Waals surface area contributed by atoms with E-state index in [1.807, 2.05) is 36.4 Å². The van der Waals surface area contributed by atoms with E-state index < -0.39 is 11.9 Å². The van der Waals surface area contributed by atoms with Crippen molar-refractivity contribution < 1.29 is 23.8 Å². The first-order valence-electron chi connectivity index (χ1n) is 17.9. The highest BCUT2D eigenvalue weighted by Gasteiger charge is 2.30. The van der Waals surface area contributed by atoms with Gasteiger partial charge in [-0.3, -0.25) is 0 Å². The molecule has 1 aliphatic rings. The van der Waals surface area contributed by atoms with Crippen molar-refractivity contribution >= 4 is 45.5 Å². The van der Waals surface area contributed by atoms with Gasteiger partial charge in [0, 0.05) is 28.1 Å². The number of carbonyl (C=O) groups is 2. The molecule has 5 aromatic carbocycles. The van der Waals surface area contributed by atoms with Crippen molar-refractivity contribution in [2.24, 2.45) is 15.3 Å². The summed E-state index contributed by atoms with van der Waals surface area (Å²) >= 11 is 0. The van der Waals surface area contributed by atoms with E-state index >= 15 is 0 Å². The normalized spacial score (nSPS) is 14.7. The summed E-state index contributed by atoms with van der Waals surface area (Å²) in [5, 5.41) is 18.5. The van der Waals surface area contributed by atoms with Crippen molar-refractivity contribution in [1.29, 1.82) is 5.53 Å². The van der Waals surface area contributed by atoms with E-state index in [0.29, 0.717) is 41.7 Å². The quantitative estimate of drug-likeness (QED) is 0.0324. The van der Waals surface area contributed by atoms with Crippen molar-refractivity contribution in [2.75, 3.05) is 18.5 Å². The number of benzene rings is 5. The molecule has 0 aromatic heterocycles. The second-order valence-corrected chi connectivity index (χ2v) is 13.4. The van der Waals surface area contributed by atoms with Crippen LogP contribution in [0.25, 0.3) is 10.8 Å². The molecule has 1 heterocycles. The molecule has 0 radical (unpaired) electrons. The summed E-state index contributed by atoms with van der Waals surface area (Å²) in [6.45, 7) is 6.61. The van der Waals surface area contributed by atoms with Crippen LogP contribution in [0.3, 0.4) is 0 Å². The van der Waals surface area contributed by atoms with E-state index in [2.05, 4.69) is 52.4 Å². The van der Waals surface area contributed by atoms with Gasteiger partial charge in [-0.15, -0.1) is 5.11 Å². The Morgan fingerprint density at radius 1 is 0.830 bits per heavy atom. The Morgan fingerprint density at radius 2 is 1.55 bits per heavy atom. The molecule has 1 unspecified atom stereocenters. The number of carbonyl (C=O) groups excluding carboxylic acids is 2. The van der Waals surface area contributed by atoms with E-state index in [-0.39, 0.29) is 5.54 Å². The highest BCUT2D eigenvalue weighted by atomic mass is 16.5. The van der Waals surface area contributed by atoms with Gasteiger partial charge in [0.25, 0.3) is 0 Å². The number of esters is 2. The molecule has 0 fully saturated rings. The Kier molecular flexibility index (Phi) is 12.0. The molecule has 0 saturated heterocycles. The topological polar surface area (TPSA) is 135 Å². The third-order valence-electron chi connectivity index (χ3n) is 9.28.